The predicted molar refractivity (Wildman–Crippen MR) is 111 cm³/mol. The van der Waals surface area contributed by atoms with Crippen molar-refractivity contribution >= 4 is 0 Å². The molecule has 0 aliphatic heterocycles. The maximum atomic E-state index is 5.80. The minimum Gasteiger partial charge on any atom is -0.496 e. The molecular formula is C24H30NO3+. The van der Waals surface area contributed by atoms with Gasteiger partial charge < -0.3 is 19.2 Å². The van der Waals surface area contributed by atoms with E-state index in [1.165, 1.54) is 11.1 Å². The zero-order chi connectivity index (χ0) is 19.8. The minimum absolute atomic E-state index is 0.173. The molecule has 4 heteroatoms. The molecule has 0 radical (unpaired) electrons. The lowest BCUT2D eigenvalue weighted by molar-refractivity contribution is -0.672. The van der Waals surface area contributed by atoms with Crippen LogP contribution >= 0.6 is 0 Å². The fraction of sp³-hybridized carbons (Fsp3) is 0.333. The van der Waals surface area contributed by atoms with Crippen LogP contribution in [0.4, 0.5) is 0 Å². The van der Waals surface area contributed by atoms with Crippen LogP contribution in [-0.4, -0.2) is 19.8 Å². The quantitative estimate of drug-likeness (QED) is 0.532. The molecule has 1 heterocycles. The molecule has 1 atom stereocenters. The summed E-state index contributed by atoms with van der Waals surface area (Å²) >= 11 is 0. The third-order valence-corrected chi connectivity index (χ3v) is 4.75. The van der Waals surface area contributed by atoms with Crippen molar-refractivity contribution in [3.63, 3.8) is 0 Å². The molecule has 3 aromatic rings. The Morgan fingerprint density at radius 3 is 2.43 bits per heavy atom. The van der Waals surface area contributed by atoms with Crippen molar-refractivity contribution in [2.75, 3.05) is 13.7 Å². The highest BCUT2D eigenvalue weighted by Gasteiger charge is 2.19. The molecule has 2 aromatic carbocycles. The zero-order valence-electron chi connectivity index (χ0n) is 16.9. The van der Waals surface area contributed by atoms with E-state index in [9.17, 15) is 0 Å². The third kappa shape index (κ3) is 5.40. The van der Waals surface area contributed by atoms with E-state index in [-0.39, 0.29) is 12.0 Å². The molecule has 0 saturated heterocycles. The number of hydrogen-bond donors (Lipinski definition) is 1. The molecule has 0 spiro atoms. The van der Waals surface area contributed by atoms with Gasteiger partial charge >= 0.3 is 0 Å². The molecule has 0 fully saturated rings. The standard InChI is InChI=1S/C24H29NO3/c1-18(2)28-20-12-10-19(11-13-20)22(23-8-4-5-9-24(23)26-3)14-15-25-17-21-7-6-16-27-21/h4-13,16,18,22,25H,14-15,17H2,1-3H3/p+1/t22-/m1/s1. The van der Waals surface area contributed by atoms with Gasteiger partial charge in [0.2, 0.25) is 0 Å². The van der Waals surface area contributed by atoms with Gasteiger partial charge in [-0.25, -0.2) is 0 Å². The van der Waals surface area contributed by atoms with Crippen LogP contribution < -0.4 is 14.8 Å². The Bertz CT molecular complexity index is 825. The van der Waals surface area contributed by atoms with E-state index in [0.29, 0.717) is 0 Å². The second-order valence-electron chi connectivity index (χ2n) is 7.18. The van der Waals surface area contributed by atoms with Gasteiger partial charge in [-0.2, -0.15) is 0 Å². The van der Waals surface area contributed by atoms with Gasteiger partial charge in [0.25, 0.3) is 0 Å². The van der Waals surface area contributed by atoms with Gasteiger partial charge in [0, 0.05) is 17.9 Å². The fourth-order valence-corrected chi connectivity index (χ4v) is 3.46. The Morgan fingerprint density at radius 1 is 0.964 bits per heavy atom. The molecule has 0 unspecified atom stereocenters. The van der Waals surface area contributed by atoms with E-state index in [2.05, 4.69) is 41.7 Å². The number of hydrogen-bond acceptors (Lipinski definition) is 3. The first kappa shape index (κ1) is 20.0. The van der Waals surface area contributed by atoms with Gasteiger partial charge in [0.15, 0.2) is 5.76 Å². The average molecular weight is 381 g/mol. The normalized spacial score (nSPS) is 12.1. The third-order valence-electron chi connectivity index (χ3n) is 4.75. The van der Waals surface area contributed by atoms with Crippen molar-refractivity contribution in [1.82, 2.24) is 0 Å². The van der Waals surface area contributed by atoms with Crippen molar-refractivity contribution in [2.45, 2.75) is 38.8 Å². The Balaban J connectivity index is 1.75. The van der Waals surface area contributed by atoms with E-state index in [4.69, 9.17) is 13.9 Å². The lowest BCUT2D eigenvalue weighted by atomic mass is 9.88. The Morgan fingerprint density at radius 2 is 1.75 bits per heavy atom. The molecule has 1 aromatic heterocycles. The summed E-state index contributed by atoms with van der Waals surface area (Å²) in [6.45, 7) is 5.93. The number of methoxy groups -OCH3 is 1. The van der Waals surface area contributed by atoms with E-state index in [1.807, 2.05) is 38.1 Å². The number of para-hydroxylation sites is 1. The van der Waals surface area contributed by atoms with Crippen LogP contribution in [0.1, 0.15) is 43.1 Å². The Hall–Kier alpha value is -2.72. The number of quaternary nitrogens is 1. The summed E-state index contributed by atoms with van der Waals surface area (Å²) in [5, 5.41) is 2.29. The Kier molecular flexibility index (Phi) is 7.15. The molecule has 0 aliphatic carbocycles. The SMILES string of the molecule is COc1ccccc1[C@H](CC[NH2+]Cc1ccco1)c1ccc(OC(C)C)cc1. The van der Waals surface area contributed by atoms with E-state index in [0.717, 1.165) is 36.8 Å². The minimum atomic E-state index is 0.173. The molecule has 0 saturated carbocycles. The highest BCUT2D eigenvalue weighted by Crippen LogP contribution is 2.34. The van der Waals surface area contributed by atoms with Crippen LogP contribution in [-0.2, 0) is 6.54 Å². The van der Waals surface area contributed by atoms with Crippen LogP contribution in [0.25, 0.3) is 0 Å². The first-order chi connectivity index (χ1) is 13.7. The van der Waals surface area contributed by atoms with Crippen LogP contribution in [0.5, 0.6) is 11.5 Å². The number of nitrogens with two attached hydrogens (primary N) is 1. The smallest absolute Gasteiger partial charge is 0.157 e. The molecule has 28 heavy (non-hydrogen) atoms. The van der Waals surface area contributed by atoms with Crippen LogP contribution in [0.2, 0.25) is 0 Å². The first-order valence-electron chi connectivity index (χ1n) is 9.91. The van der Waals surface area contributed by atoms with Crippen molar-refractivity contribution < 1.29 is 19.2 Å². The van der Waals surface area contributed by atoms with Crippen LogP contribution in [0.3, 0.4) is 0 Å². The summed E-state index contributed by atoms with van der Waals surface area (Å²) in [4.78, 5) is 0. The van der Waals surface area contributed by atoms with Crippen molar-refractivity contribution in [3.05, 3.63) is 83.8 Å². The van der Waals surface area contributed by atoms with Gasteiger partial charge in [0.05, 0.1) is 26.0 Å². The first-order valence-corrected chi connectivity index (χ1v) is 9.91. The maximum Gasteiger partial charge on any atom is 0.157 e. The predicted octanol–water partition coefficient (Wildman–Crippen LogP) is 4.36. The Labute approximate surface area is 167 Å². The summed E-state index contributed by atoms with van der Waals surface area (Å²) < 4.78 is 16.9. The average Bonchev–Trinajstić information content (AvgIpc) is 3.22. The molecular weight excluding hydrogens is 350 g/mol. The molecule has 148 valence electrons. The summed E-state index contributed by atoms with van der Waals surface area (Å²) in [6, 6.07) is 20.7. The van der Waals surface area contributed by atoms with Crippen molar-refractivity contribution in [2.24, 2.45) is 0 Å². The van der Waals surface area contributed by atoms with Gasteiger partial charge in [-0.15, -0.1) is 0 Å². The molecule has 3 rings (SSSR count). The van der Waals surface area contributed by atoms with Gasteiger partial charge in [-0.3, -0.25) is 0 Å². The zero-order valence-corrected chi connectivity index (χ0v) is 16.9. The lowest BCUT2D eigenvalue weighted by Gasteiger charge is -2.20. The highest BCUT2D eigenvalue weighted by atomic mass is 16.5. The topological polar surface area (TPSA) is 48.2 Å². The van der Waals surface area contributed by atoms with Crippen LogP contribution in [0.15, 0.2) is 71.3 Å². The monoisotopic (exact) mass is 380 g/mol. The highest BCUT2D eigenvalue weighted by molar-refractivity contribution is 5.43. The van der Waals surface area contributed by atoms with Gasteiger partial charge in [-0.1, -0.05) is 30.3 Å². The largest absolute Gasteiger partial charge is 0.496 e. The van der Waals surface area contributed by atoms with E-state index in [1.54, 1.807) is 13.4 Å². The molecule has 4 nitrogen and oxygen atoms in total. The lowest BCUT2D eigenvalue weighted by Crippen LogP contribution is -2.82. The number of benzene rings is 2. The molecule has 0 aliphatic rings. The second kappa shape index (κ2) is 10.00. The van der Waals surface area contributed by atoms with Crippen LogP contribution in [0, 0.1) is 0 Å². The van der Waals surface area contributed by atoms with E-state index >= 15 is 0 Å². The molecule has 0 amide bonds. The number of rotatable bonds is 10. The summed E-state index contributed by atoms with van der Waals surface area (Å²) in [6.07, 6.45) is 2.90. The summed E-state index contributed by atoms with van der Waals surface area (Å²) in [5.74, 6) is 3.10. The maximum absolute atomic E-state index is 5.80. The van der Waals surface area contributed by atoms with E-state index < -0.39 is 0 Å². The second-order valence-corrected chi connectivity index (χ2v) is 7.18. The van der Waals surface area contributed by atoms with Crippen molar-refractivity contribution in [3.8, 4) is 11.5 Å². The molecule has 2 N–H and O–H groups in total. The number of ether oxygens (including phenoxy) is 2. The van der Waals surface area contributed by atoms with Gasteiger partial charge in [0.1, 0.15) is 18.0 Å². The summed E-state index contributed by atoms with van der Waals surface area (Å²) in [5.41, 5.74) is 2.49. The molecule has 0 bridgehead atoms. The van der Waals surface area contributed by atoms with Crippen molar-refractivity contribution in [1.29, 1.82) is 0 Å². The van der Waals surface area contributed by atoms with Gasteiger partial charge in [-0.05, 0) is 49.7 Å². The number of furan rings is 1. The fourth-order valence-electron chi connectivity index (χ4n) is 3.46. The summed E-state index contributed by atoms with van der Waals surface area (Å²) in [7, 11) is 1.73.